The lowest BCUT2D eigenvalue weighted by Gasteiger charge is -2.19. The Balaban J connectivity index is -0.000000428. The van der Waals surface area contributed by atoms with Gasteiger partial charge in [-0.05, 0) is 53.9 Å². The average Bonchev–Trinajstić information content (AvgIpc) is 3.35. The maximum Gasteiger partial charge on any atom is 0.330 e. The second-order valence-electron chi connectivity index (χ2n) is 20.8. The Hall–Kier alpha value is 0.600. The van der Waals surface area contributed by atoms with Crippen LogP contribution in [0.3, 0.4) is 0 Å². The molecule has 3 unspecified atom stereocenters. The summed E-state index contributed by atoms with van der Waals surface area (Å²) in [4.78, 5) is 9.60. The number of unbranched alkanes of at least 4 members (excludes halogenated alkanes) is 36. The van der Waals surface area contributed by atoms with Gasteiger partial charge >= 0.3 is 15.2 Å². The first kappa shape index (κ1) is 79.1. The SMILES string of the molecule is CCCCCCCCCCCCOP(C)(=O)OC.CCCCCCCCCCCCP(=O)(O)N(C)C.CCCCCCCCCCCCP(=O)(OC)OC.CCCCCCCCCCCCP(N)(=O)N(C)C. The van der Waals surface area contributed by atoms with E-state index in [4.69, 9.17) is 23.6 Å². The highest BCUT2D eigenvalue weighted by Gasteiger charge is 2.21. The minimum absolute atomic E-state index is 0.441. The normalized spacial score (nSPS) is 14.1. The fourth-order valence-electron chi connectivity index (χ4n) is 7.95. The molecule has 0 aliphatic rings. The van der Waals surface area contributed by atoms with Crippen molar-refractivity contribution in [3.63, 3.8) is 0 Å². The molecule has 0 rings (SSSR count). The quantitative estimate of drug-likeness (QED) is 0.0439. The molecule has 0 aliphatic heterocycles. The molecule has 0 aliphatic carbocycles. The Morgan fingerprint density at radius 2 is 0.611 bits per heavy atom. The van der Waals surface area contributed by atoms with E-state index < -0.39 is 30.2 Å². The maximum atomic E-state index is 11.9. The van der Waals surface area contributed by atoms with Crippen molar-refractivity contribution in [2.45, 2.75) is 285 Å². The molecule has 0 aromatic heterocycles. The van der Waals surface area contributed by atoms with Crippen molar-refractivity contribution in [1.82, 2.24) is 9.34 Å². The number of nitrogens with two attached hydrogens (primary N) is 1. The molecule has 0 saturated heterocycles. The number of rotatable bonds is 50. The summed E-state index contributed by atoms with van der Waals surface area (Å²) < 4.78 is 69.5. The molecule has 0 radical (unpaired) electrons. The van der Waals surface area contributed by atoms with E-state index in [9.17, 15) is 23.2 Å². The first-order valence-corrected chi connectivity index (χ1v) is 37.3. The van der Waals surface area contributed by atoms with Crippen LogP contribution in [0.2, 0.25) is 0 Å². The zero-order valence-corrected chi connectivity index (χ0v) is 53.7. The highest BCUT2D eigenvalue weighted by molar-refractivity contribution is 7.59. The van der Waals surface area contributed by atoms with Crippen molar-refractivity contribution in [1.29, 1.82) is 0 Å². The first-order chi connectivity index (χ1) is 34.3. The minimum atomic E-state index is -3.01. The minimum Gasteiger partial charge on any atom is -0.333 e. The fraction of sp³-hybridized carbons (Fsp3) is 1.00. The van der Waals surface area contributed by atoms with E-state index in [0.29, 0.717) is 25.1 Å². The van der Waals surface area contributed by atoms with Gasteiger partial charge in [0, 0.05) is 40.3 Å². The molecule has 0 saturated carbocycles. The molecule has 0 heterocycles. The molecule has 0 bridgehead atoms. The third-order valence-corrected chi connectivity index (χ3v) is 21.2. The third kappa shape index (κ3) is 61.5. The van der Waals surface area contributed by atoms with E-state index in [1.807, 2.05) is 0 Å². The van der Waals surface area contributed by atoms with E-state index in [2.05, 4.69) is 27.7 Å². The van der Waals surface area contributed by atoms with Gasteiger partial charge < -0.3 is 23.0 Å². The van der Waals surface area contributed by atoms with Gasteiger partial charge in [-0.3, -0.25) is 23.8 Å². The van der Waals surface area contributed by atoms with E-state index in [1.54, 1.807) is 32.9 Å². The molecule has 0 fully saturated rings. The second kappa shape index (κ2) is 57.8. The highest BCUT2D eigenvalue weighted by atomic mass is 31.2. The van der Waals surface area contributed by atoms with Gasteiger partial charge in [-0.2, -0.15) is 0 Å². The zero-order chi connectivity index (χ0) is 55.1. The van der Waals surface area contributed by atoms with Crippen LogP contribution >= 0.6 is 30.2 Å². The van der Waals surface area contributed by atoms with E-state index in [-0.39, 0.29) is 0 Å². The van der Waals surface area contributed by atoms with E-state index in [1.165, 1.54) is 251 Å². The summed E-state index contributed by atoms with van der Waals surface area (Å²) in [6.07, 6.45) is 53.0. The molecule has 16 heteroatoms. The van der Waals surface area contributed by atoms with Gasteiger partial charge in [0.1, 0.15) is 0 Å². The Morgan fingerprint density at radius 1 is 0.361 bits per heavy atom. The largest absolute Gasteiger partial charge is 0.333 e. The van der Waals surface area contributed by atoms with Crippen molar-refractivity contribution >= 4 is 30.2 Å². The number of nitrogens with zero attached hydrogens (tertiary/aromatic N) is 2. The molecular formula is C56H127N3O9P4. The Kier molecular flexibility index (Phi) is 63.5. The summed E-state index contributed by atoms with van der Waals surface area (Å²) >= 11 is 0. The lowest BCUT2D eigenvalue weighted by Crippen LogP contribution is -2.17. The van der Waals surface area contributed by atoms with Gasteiger partial charge in [0.15, 0.2) is 0 Å². The van der Waals surface area contributed by atoms with E-state index in [0.717, 1.165) is 38.5 Å². The molecule has 3 atom stereocenters. The number of hydrogen-bond acceptors (Lipinski definition) is 8. The van der Waals surface area contributed by atoms with Gasteiger partial charge in [-0.25, -0.2) is 9.34 Å². The second-order valence-corrected chi connectivity index (χ2v) is 30.7. The predicted octanol–water partition coefficient (Wildman–Crippen LogP) is 20.1. The molecular weight excluding hydrogens is 983 g/mol. The average molecular weight is 1110 g/mol. The van der Waals surface area contributed by atoms with Gasteiger partial charge in [0.25, 0.3) is 7.52 Å². The lowest BCUT2D eigenvalue weighted by atomic mass is 10.1. The lowest BCUT2D eigenvalue weighted by molar-refractivity contribution is 0.233. The van der Waals surface area contributed by atoms with Crippen LogP contribution in [0.1, 0.15) is 285 Å². The van der Waals surface area contributed by atoms with Crippen molar-refractivity contribution in [2.75, 3.05) is 81.3 Å². The van der Waals surface area contributed by atoms with Crippen LogP contribution in [0.4, 0.5) is 0 Å². The van der Waals surface area contributed by atoms with Gasteiger partial charge in [0.05, 0.1) is 12.8 Å². The molecule has 72 heavy (non-hydrogen) atoms. The van der Waals surface area contributed by atoms with Crippen LogP contribution in [-0.2, 0) is 36.4 Å². The van der Waals surface area contributed by atoms with Gasteiger partial charge in [-0.15, -0.1) is 0 Å². The van der Waals surface area contributed by atoms with Crippen LogP contribution in [-0.4, -0.2) is 95.5 Å². The van der Waals surface area contributed by atoms with Crippen molar-refractivity contribution in [3.05, 3.63) is 0 Å². The molecule has 0 spiro atoms. The van der Waals surface area contributed by atoms with Crippen molar-refractivity contribution < 1.29 is 41.2 Å². The summed E-state index contributed by atoms with van der Waals surface area (Å²) in [7, 11) is 0.292. The first-order valence-electron chi connectivity index (χ1n) is 29.8. The predicted molar refractivity (Wildman–Crippen MR) is 319 cm³/mol. The molecule has 0 aromatic rings. The molecule has 440 valence electrons. The summed E-state index contributed by atoms with van der Waals surface area (Å²) in [5.41, 5.74) is 5.75. The van der Waals surface area contributed by atoms with Crippen molar-refractivity contribution in [2.24, 2.45) is 5.50 Å². The summed E-state index contributed by atoms with van der Waals surface area (Å²) in [5, 5.41) is 0. The standard InChI is InChI=1S/C14H33N2OP.C14H32NO2P.2C14H31O3P/c1-4-5-6-7-8-9-10-11-12-13-14-18(15,17)16(2)3;1-4-5-6-7-8-9-10-11-12-13-14-18(16,17)15(2)3;1-4-5-6-7-8-9-10-11-12-13-14-17-18(3,15)16-2;1-4-5-6-7-8-9-10-11-12-13-14-18(15,16-2)17-3/h4-14H2,1-3H3,(H2,15,17);4-14H2,1-3H3,(H,16,17);2*4-14H2,1-3H3. The van der Waals surface area contributed by atoms with Crippen molar-refractivity contribution in [3.8, 4) is 0 Å². The zero-order valence-electron chi connectivity index (χ0n) is 50.1. The third-order valence-electron chi connectivity index (χ3n) is 13.4. The van der Waals surface area contributed by atoms with Crippen LogP contribution in [0, 0.1) is 0 Å². The van der Waals surface area contributed by atoms with E-state index >= 15 is 0 Å². The van der Waals surface area contributed by atoms with Crippen LogP contribution < -0.4 is 5.50 Å². The van der Waals surface area contributed by atoms with Gasteiger partial charge in [0.2, 0.25) is 7.44 Å². The summed E-state index contributed by atoms with van der Waals surface area (Å²) in [6, 6.07) is 0. The molecule has 3 N–H and O–H groups in total. The molecule has 12 nitrogen and oxygen atoms in total. The van der Waals surface area contributed by atoms with Crippen LogP contribution in [0.15, 0.2) is 0 Å². The smallest absolute Gasteiger partial charge is 0.330 e. The Labute approximate surface area is 450 Å². The molecule has 0 amide bonds. The van der Waals surface area contributed by atoms with Gasteiger partial charge in [-0.1, -0.05) is 259 Å². The highest BCUT2D eigenvalue weighted by Crippen LogP contribution is 2.47. The topological polar surface area (TPSA) is 158 Å². The maximum absolute atomic E-state index is 11.9. The Morgan fingerprint density at radius 3 is 0.861 bits per heavy atom. The monoisotopic (exact) mass is 1110 g/mol. The summed E-state index contributed by atoms with van der Waals surface area (Å²) in [5.74, 6) is 0. The fourth-order valence-corrected chi connectivity index (χ4v) is 11.8. The molecule has 0 aromatic carbocycles. The Bertz CT molecular complexity index is 1190. The summed E-state index contributed by atoms with van der Waals surface area (Å²) in [6.45, 7) is 11.1. The van der Waals surface area contributed by atoms with Crippen LogP contribution in [0.5, 0.6) is 0 Å². The number of hydrogen-bond donors (Lipinski definition) is 2. The van der Waals surface area contributed by atoms with Crippen LogP contribution in [0.25, 0.3) is 0 Å².